The third-order valence-corrected chi connectivity index (χ3v) is 13.1. The monoisotopic (exact) mass is 1030 g/mol. The number of carbonyl (C=O) groups is 9. The average molecular weight is 1030 g/mol. The molecule has 21 heteroatoms. The molecule has 1 aliphatic heterocycles. The molecule has 1 fully saturated rings. The summed E-state index contributed by atoms with van der Waals surface area (Å²) in [7, 11) is 5.25. The molecule has 408 valence electrons. The first-order chi connectivity index (χ1) is 34.8. The van der Waals surface area contributed by atoms with Crippen molar-refractivity contribution in [2.45, 2.75) is 136 Å². The number of carbonyl (C=O) groups excluding carboxylic acids is 9. The zero-order valence-corrected chi connectivity index (χ0v) is 45.0. The number of primary amides is 1. The van der Waals surface area contributed by atoms with E-state index in [2.05, 4.69) is 42.7 Å². The van der Waals surface area contributed by atoms with Crippen molar-refractivity contribution in [2.75, 3.05) is 46.1 Å². The van der Waals surface area contributed by atoms with Gasteiger partial charge in [-0.2, -0.15) is 0 Å². The normalized spacial score (nSPS) is 15.2. The summed E-state index contributed by atoms with van der Waals surface area (Å²) in [5.74, 6) is -3.75. The molecule has 0 aromatic heterocycles. The van der Waals surface area contributed by atoms with Crippen molar-refractivity contribution in [2.24, 2.45) is 23.5 Å². The zero-order chi connectivity index (χ0) is 55.3. The molecule has 0 radical (unpaired) electrons. The first-order valence-corrected chi connectivity index (χ1v) is 25.3. The van der Waals surface area contributed by atoms with E-state index in [9.17, 15) is 43.2 Å². The topological polar surface area (TPSA) is 292 Å². The van der Waals surface area contributed by atoms with Crippen molar-refractivity contribution >= 4 is 59.0 Å². The highest BCUT2D eigenvalue weighted by molar-refractivity contribution is 5.98. The Morgan fingerprint density at radius 1 is 0.797 bits per heavy atom. The number of likely N-dealkylation sites (tertiary alicyclic amines) is 1. The van der Waals surface area contributed by atoms with Crippen molar-refractivity contribution in [3.63, 3.8) is 0 Å². The fraction of sp³-hybridized carbons (Fsp3) is 0.566. The summed E-state index contributed by atoms with van der Waals surface area (Å²) < 4.78 is 0. The number of benzene rings is 2. The number of nitrogens with zero attached hydrogens (tertiary/aromatic N) is 2. The van der Waals surface area contributed by atoms with E-state index in [4.69, 9.17) is 10.6 Å². The van der Waals surface area contributed by atoms with Crippen LogP contribution >= 0.6 is 0 Å². The van der Waals surface area contributed by atoms with Crippen molar-refractivity contribution in [3.8, 4) is 0 Å². The molecule has 0 bridgehead atoms. The van der Waals surface area contributed by atoms with Crippen molar-refractivity contribution in [3.05, 3.63) is 77.4 Å². The second kappa shape index (κ2) is 29.7. The van der Waals surface area contributed by atoms with Crippen LogP contribution in [0.15, 0.2) is 66.2 Å². The Morgan fingerprint density at radius 3 is 2.00 bits per heavy atom. The molecule has 2 aromatic carbocycles. The van der Waals surface area contributed by atoms with Gasteiger partial charge in [0.2, 0.25) is 41.4 Å². The van der Waals surface area contributed by atoms with E-state index in [1.807, 2.05) is 90.9 Å². The molecule has 0 spiro atoms. The third-order valence-electron chi connectivity index (χ3n) is 13.1. The van der Waals surface area contributed by atoms with Gasteiger partial charge in [-0.1, -0.05) is 90.1 Å². The van der Waals surface area contributed by atoms with Gasteiger partial charge in [0.25, 0.3) is 5.91 Å². The van der Waals surface area contributed by atoms with Crippen LogP contribution in [0.25, 0.3) is 0 Å². The Kier molecular flexibility index (Phi) is 24.7. The van der Waals surface area contributed by atoms with E-state index in [1.54, 1.807) is 49.2 Å². The molecule has 5 atom stereocenters. The first-order valence-electron chi connectivity index (χ1n) is 25.3. The van der Waals surface area contributed by atoms with Crippen LogP contribution in [0.2, 0.25) is 0 Å². The predicted octanol–water partition coefficient (Wildman–Crippen LogP) is 2.51. The number of hydrogen-bond acceptors (Lipinski definition) is 11. The standard InChI is InChI=1S/C53H81N11O10/c1-32(2)41(60-50(71)44(33(3)4)61-51(72)45(63(10)11)53(7,8)38-16-13-12-14-17-38)30-34(5)46(67)62-74-31-36-19-21-39(22-20-36)58-49(70)40(18-15-27-56-52(54)73)59-47(68)35(6)57-42(65)23-24-43(66)64-28-25-37(26-29-64)48(69)55-9/h12-14,16-17,19-22,30,32-33,35,37,40-41,44-45H,15,18,23-29,31H2,1-11H3,(H,55,69)(H,57,65)(H,58,70)(H,59,68)(H,60,71)(H,61,72)(H,62,67)(H3,54,56,73)/b34-30+/t35-,40-,41+,44-,45+/m0/s1. The number of urea groups is 1. The molecule has 10 amide bonds. The third kappa shape index (κ3) is 19.5. The summed E-state index contributed by atoms with van der Waals surface area (Å²) in [4.78, 5) is 125. The lowest BCUT2D eigenvalue weighted by Crippen LogP contribution is -2.60. The van der Waals surface area contributed by atoms with Gasteiger partial charge in [-0.25, -0.2) is 10.3 Å². The van der Waals surface area contributed by atoms with Gasteiger partial charge in [-0.05, 0) is 88.7 Å². The zero-order valence-electron chi connectivity index (χ0n) is 45.0. The van der Waals surface area contributed by atoms with Crippen molar-refractivity contribution in [1.82, 2.24) is 47.2 Å². The molecule has 0 saturated carbocycles. The van der Waals surface area contributed by atoms with Gasteiger partial charge in [0.05, 0.1) is 18.7 Å². The van der Waals surface area contributed by atoms with Crippen molar-refractivity contribution < 1.29 is 48.0 Å². The maximum atomic E-state index is 13.9. The smallest absolute Gasteiger partial charge is 0.312 e. The number of amides is 10. The van der Waals surface area contributed by atoms with Gasteiger partial charge in [0, 0.05) is 62.1 Å². The minimum atomic E-state index is -1.08. The molecule has 2 aromatic rings. The summed E-state index contributed by atoms with van der Waals surface area (Å²) in [5.41, 5.74) is 9.32. The fourth-order valence-electron chi connectivity index (χ4n) is 8.62. The maximum absolute atomic E-state index is 13.9. The predicted molar refractivity (Wildman–Crippen MR) is 281 cm³/mol. The van der Waals surface area contributed by atoms with Crippen LogP contribution in [-0.4, -0.2) is 134 Å². The number of nitrogens with two attached hydrogens (primary N) is 1. The largest absolute Gasteiger partial charge is 0.359 e. The van der Waals surface area contributed by atoms with Crippen molar-refractivity contribution in [1.29, 1.82) is 0 Å². The molecular weight excluding hydrogens is 951 g/mol. The van der Waals surface area contributed by atoms with Crippen LogP contribution in [0.1, 0.15) is 105 Å². The van der Waals surface area contributed by atoms with Crippen LogP contribution in [-0.2, 0) is 55.2 Å². The molecule has 1 aliphatic rings. The Hall–Kier alpha value is -6.87. The lowest BCUT2D eigenvalue weighted by atomic mass is 9.76. The minimum Gasteiger partial charge on any atom is -0.359 e. The highest BCUT2D eigenvalue weighted by atomic mass is 16.6. The van der Waals surface area contributed by atoms with Gasteiger partial charge in [0.15, 0.2) is 0 Å². The average Bonchev–Trinajstić information content (AvgIpc) is 3.35. The van der Waals surface area contributed by atoms with E-state index in [1.165, 1.54) is 6.92 Å². The summed E-state index contributed by atoms with van der Waals surface area (Å²) in [6, 6.07) is 11.4. The number of nitrogens with one attached hydrogen (secondary N) is 8. The lowest BCUT2D eigenvalue weighted by molar-refractivity contribution is -0.137. The first kappa shape index (κ1) is 61.4. The van der Waals surface area contributed by atoms with E-state index < -0.39 is 65.3 Å². The molecular formula is C53H81N11O10. The van der Waals surface area contributed by atoms with Gasteiger partial charge in [-0.15, -0.1) is 0 Å². The number of anilines is 1. The number of hydrogen-bond donors (Lipinski definition) is 9. The number of hydroxylamine groups is 1. The van der Waals surface area contributed by atoms with Gasteiger partial charge in [0.1, 0.15) is 18.1 Å². The van der Waals surface area contributed by atoms with Gasteiger partial charge < -0.3 is 47.9 Å². The maximum Gasteiger partial charge on any atom is 0.312 e. The van der Waals surface area contributed by atoms with E-state index >= 15 is 0 Å². The summed E-state index contributed by atoms with van der Waals surface area (Å²) in [5, 5.41) is 19.1. The molecule has 0 unspecified atom stereocenters. The van der Waals surface area contributed by atoms with Crippen LogP contribution in [0.5, 0.6) is 0 Å². The molecule has 10 N–H and O–H groups in total. The molecule has 3 rings (SSSR count). The van der Waals surface area contributed by atoms with E-state index in [0.717, 1.165) is 5.56 Å². The molecule has 74 heavy (non-hydrogen) atoms. The van der Waals surface area contributed by atoms with Crippen LogP contribution in [0.3, 0.4) is 0 Å². The second-order valence-corrected chi connectivity index (χ2v) is 20.3. The molecule has 21 nitrogen and oxygen atoms in total. The van der Waals surface area contributed by atoms with Gasteiger partial charge in [-0.3, -0.25) is 48.1 Å². The number of likely N-dealkylation sites (N-methyl/N-ethyl adjacent to an activating group) is 1. The SMILES string of the molecule is CNC(=O)C1CCN(C(=O)CCC(=O)N[C@@H](C)C(=O)N[C@@H](CCCNC(N)=O)C(=O)Nc2ccc(CONC(=O)/C(C)=C/[C@@H](NC(=O)[C@@H](NC(=O)[C@@H](N(C)C)C(C)(C)c3ccccc3)C(C)C)C(C)C)cc2)CC1. The quantitative estimate of drug-likeness (QED) is 0.0356. The lowest BCUT2D eigenvalue weighted by Gasteiger charge is -2.39. The summed E-state index contributed by atoms with van der Waals surface area (Å²) in [6.07, 6.45) is 2.87. The Balaban J connectivity index is 1.55. The van der Waals surface area contributed by atoms with Gasteiger partial charge >= 0.3 is 6.03 Å². The molecule has 1 saturated heterocycles. The Bertz CT molecular complexity index is 2260. The van der Waals surface area contributed by atoms with E-state index in [-0.39, 0.29) is 85.8 Å². The number of piperidine rings is 1. The summed E-state index contributed by atoms with van der Waals surface area (Å²) in [6.45, 7) is 15.5. The highest BCUT2D eigenvalue weighted by Gasteiger charge is 2.40. The van der Waals surface area contributed by atoms with Crippen LogP contribution < -0.4 is 48.4 Å². The number of rotatable bonds is 27. The van der Waals surface area contributed by atoms with Crippen LogP contribution in [0, 0.1) is 17.8 Å². The van der Waals surface area contributed by atoms with Crippen LogP contribution in [0.4, 0.5) is 10.5 Å². The Labute approximate surface area is 436 Å². The highest BCUT2D eigenvalue weighted by Crippen LogP contribution is 2.30. The molecule has 1 heterocycles. The minimum absolute atomic E-state index is 0.0382. The Morgan fingerprint density at radius 2 is 1.43 bits per heavy atom. The van der Waals surface area contributed by atoms with E-state index in [0.29, 0.717) is 37.2 Å². The summed E-state index contributed by atoms with van der Waals surface area (Å²) >= 11 is 0. The second-order valence-electron chi connectivity index (χ2n) is 20.3. The molecule has 0 aliphatic carbocycles. The fourth-order valence-corrected chi connectivity index (χ4v) is 8.62.